The van der Waals surface area contributed by atoms with E-state index < -0.39 is 0 Å². The predicted octanol–water partition coefficient (Wildman–Crippen LogP) is 6.22. The van der Waals surface area contributed by atoms with Crippen molar-refractivity contribution in [1.82, 2.24) is 4.57 Å². The fraction of sp³-hybridized carbons (Fsp3) is 0.0435. The van der Waals surface area contributed by atoms with E-state index in [4.69, 9.17) is 0 Å². The highest BCUT2D eigenvalue weighted by atomic mass is 79.9. The van der Waals surface area contributed by atoms with Crippen molar-refractivity contribution in [2.24, 2.45) is 0 Å². The number of alkyl halides is 1. The summed E-state index contributed by atoms with van der Waals surface area (Å²) in [7, 11) is 0. The van der Waals surface area contributed by atoms with Crippen molar-refractivity contribution in [3.05, 3.63) is 106 Å². The lowest BCUT2D eigenvalue weighted by atomic mass is 10.0. The number of halogens is 2. The van der Waals surface area contributed by atoms with E-state index in [1.807, 2.05) is 54.6 Å². The van der Waals surface area contributed by atoms with Gasteiger partial charge in [-0.15, -0.1) is 0 Å². The second-order valence-corrected chi connectivity index (χ2v) is 7.79. The molecule has 4 aromatic rings. The monoisotopic (exact) mass is 495 g/mol. The van der Waals surface area contributed by atoms with Gasteiger partial charge in [0.25, 0.3) is 5.91 Å². The molecule has 0 spiro atoms. The van der Waals surface area contributed by atoms with Gasteiger partial charge in [-0.2, -0.15) is 0 Å². The molecule has 0 aliphatic carbocycles. The van der Waals surface area contributed by atoms with Gasteiger partial charge in [-0.05, 0) is 30.3 Å². The third-order valence-electron chi connectivity index (χ3n) is 4.66. The van der Waals surface area contributed by atoms with E-state index in [0.29, 0.717) is 27.7 Å². The van der Waals surface area contributed by atoms with Crippen molar-refractivity contribution in [2.45, 2.75) is 5.33 Å². The van der Waals surface area contributed by atoms with Crippen LogP contribution in [0.5, 0.6) is 0 Å². The predicted molar refractivity (Wildman–Crippen MR) is 118 cm³/mol. The summed E-state index contributed by atoms with van der Waals surface area (Å²) in [5, 5.41) is 1.16. The number of benzene rings is 3. The number of para-hydroxylation sites is 1. The lowest BCUT2D eigenvalue weighted by molar-refractivity contribution is 0.0963. The summed E-state index contributed by atoms with van der Waals surface area (Å²) in [5.41, 5.74) is 3.10. The fourth-order valence-electron chi connectivity index (χ4n) is 3.36. The molecule has 0 aliphatic rings. The number of aromatic nitrogens is 1. The highest BCUT2D eigenvalue weighted by Gasteiger charge is 2.26. The van der Waals surface area contributed by atoms with Crippen LogP contribution in [0.4, 0.5) is 0 Å². The van der Waals surface area contributed by atoms with Gasteiger partial charge < -0.3 is 0 Å². The van der Waals surface area contributed by atoms with E-state index >= 15 is 0 Å². The molecular formula is C23H15Br2NO2. The van der Waals surface area contributed by atoms with Gasteiger partial charge in [-0.3, -0.25) is 14.2 Å². The maximum atomic E-state index is 13.3. The number of carbonyl (C=O) groups is 2. The largest absolute Gasteiger partial charge is 0.289 e. The van der Waals surface area contributed by atoms with Crippen LogP contribution in [-0.2, 0) is 5.33 Å². The molecule has 3 nitrogen and oxygen atoms in total. The number of nitrogens with zero attached hydrogens (tertiary/aromatic N) is 1. The molecule has 1 aromatic heterocycles. The van der Waals surface area contributed by atoms with Crippen LogP contribution in [0.25, 0.3) is 10.9 Å². The number of fused-ring (bicyclic) bond motifs is 1. The average Bonchev–Trinajstić information content (AvgIpc) is 3.08. The van der Waals surface area contributed by atoms with Gasteiger partial charge in [0.2, 0.25) is 0 Å². The van der Waals surface area contributed by atoms with Gasteiger partial charge in [-0.25, -0.2) is 0 Å². The summed E-state index contributed by atoms with van der Waals surface area (Å²) in [6.45, 7) is 0. The zero-order valence-corrected chi connectivity index (χ0v) is 17.9. The first kappa shape index (κ1) is 18.8. The van der Waals surface area contributed by atoms with Crippen LogP contribution in [0.1, 0.15) is 32.0 Å². The summed E-state index contributed by atoms with van der Waals surface area (Å²) in [5.74, 6) is -0.251. The Morgan fingerprint density at radius 2 is 1.43 bits per heavy atom. The maximum Gasteiger partial charge on any atom is 0.262 e. The maximum absolute atomic E-state index is 13.3. The van der Waals surface area contributed by atoms with Crippen LogP contribution in [0.3, 0.4) is 0 Å². The summed E-state index contributed by atoms with van der Waals surface area (Å²) in [6.07, 6.45) is 0. The smallest absolute Gasteiger partial charge is 0.262 e. The highest BCUT2D eigenvalue weighted by Crippen LogP contribution is 2.31. The van der Waals surface area contributed by atoms with E-state index in [-0.39, 0.29) is 11.7 Å². The number of hydrogen-bond donors (Lipinski definition) is 0. The minimum Gasteiger partial charge on any atom is -0.289 e. The lowest BCUT2D eigenvalue weighted by Crippen LogP contribution is -2.15. The van der Waals surface area contributed by atoms with Gasteiger partial charge in [0, 0.05) is 32.0 Å². The van der Waals surface area contributed by atoms with E-state index in [2.05, 4.69) is 31.9 Å². The highest BCUT2D eigenvalue weighted by molar-refractivity contribution is 9.10. The topological polar surface area (TPSA) is 39.1 Å². The molecule has 0 radical (unpaired) electrons. The van der Waals surface area contributed by atoms with Crippen LogP contribution in [0.2, 0.25) is 0 Å². The number of carbonyl (C=O) groups excluding carboxylic acids is 2. The van der Waals surface area contributed by atoms with Crippen LogP contribution in [-0.4, -0.2) is 16.3 Å². The molecule has 3 aromatic carbocycles. The van der Waals surface area contributed by atoms with Crippen molar-refractivity contribution in [1.29, 1.82) is 0 Å². The summed E-state index contributed by atoms with van der Waals surface area (Å²) in [6, 6.07) is 23.9. The first-order valence-electron chi connectivity index (χ1n) is 8.70. The molecule has 0 amide bonds. The lowest BCUT2D eigenvalue weighted by Gasteiger charge is -2.09. The Balaban J connectivity index is 1.96. The van der Waals surface area contributed by atoms with Crippen molar-refractivity contribution in [2.75, 3.05) is 0 Å². The second kappa shape index (κ2) is 7.86. The van der Waals surface area contributed by atoms with Crippen LogP contribution < -0.4 is 0 Å². The molecule has 0 aliphatic heterocycles. The standard InChI is InChI=1S/C23H15Br2NO2/c24-14-20-21(22(27)15-6-2-1-3-7-15)18-8-4-5-9-19(18)26(20)23(28)16-10-12-17(25)13-11-16/h1-13H,14H2. The molecular weight excluding hydrogens is 482 g/mol. The normalized spacial score (nSPS) is 10.9. The van der Waals surface area contributed by atoms with E-state index in [1.165, 1.54) is 0 Å². The molecule has 4 rings (SSSR count). The minimum absolute atomic E-state index is 0.0893. The summed E-state index contributed by atoms with van der Waals surface area (Å²) >= 11 is 6.90. The quantitative estimate of drug-likeness (QED) is 0.248. The van der Waals surface area contributed by atoms with E-state index in [1.54, 1.807) is 28.8 Å². The van der Waals surface area contributed by atoms with E-state index in [0.717, 1.165) is 15.4 Å². The molecule has 138 valence electrons. The summed E-state index contributed by atoms with van der Waals surface area (Å²) in [4.78, 5) is 26.6. The molecule has 0 N–H and O–H groups in total. The van der Waals surface area contributed by atoms with Gasteiger partial charge >= 0.3 is 0 Å². The van der Waals surface area contributed by atoms with Gasteiger partial charge in [0.05, 0.1) is 11.1 Å². The molecule has 0 saturated carbocycles. The Hall–Kier alpha value is -2.50. The van der Waals surface area contributed by atoms with Crippen molar-refractivity contribution < 1.29 is 9.59 Å². The van der Waals surface area contributed by atoms with Gasteiger partial charge in [0.15, 0.2) is 5.78 Å². The molecule has 5 heteroatoms. The van der Waals surface area contributed by atoms with E-state index in [9.17, 15) is 9.59 Å². The number of hydrogen-bond acceptors (Lipinski definition) is 2. The third kappa shape index (κ3) is 3.25. The van der Waals surface area contributed by atoms with Crippen molar-refractivity contribution >= 4 is 54.5 Å². The van der Waals surface area contributed by atoms with Crippen molar-refractivity contribution in [3.8, 4) is 0 Å². The molecule has 0 bridgehead atoms. The Morgan fingerprint density at radius 1 is 0.786 bits per heavy atom. The van der Waals surface area contributed by atoms with Crippen LogP contribution >= 0.6 is 31.9 Å². The number of ketones is 1. The first-order chi connectivity index (χ1) is 13.6. The molecule has 0 fully saturated rings. The summed E-state index contributed by atoms with van der Waals surface area (Å²) < 4.78 is 2.55. The third-order valence-corrected chi connectivity index (χ3v) is 5.72. The zero-order valence-electron chi connectivity index (χ0n) is 14.7. The van der Waals surface area contributed by atoms with Crippen LogP contribution in [0.15, 0.2) is 83.3 Å². The Morgan fingerprint density at radius 3 is 2.11 bits per heavy atom. The Bertz CT molecular complexity index is 1180. The molecule has 0 unspecified atom stereocenters. The molecule has 28 heavy (non-hydrogen) atoms. The zero-order chi connectivity index (χ0) is 19.7. The first-order valence-corrected chi connectivity index (χ1v) is 10.6. The Labute approximate surface area is 179 Å². The van der Waals surface area contributed by atoms with Crippen LogP contribution in [0, 0.1) is 0 Å². The Kier molecular flexibility index (Phi) is 5.29. The average molecular weight is 497 g/mol. The second-order valence-electron chi connectivity index (χ2n) is 6.32. The SMILES string of the molecule is O=C(c1ccccc1)c1c(CBr)n(C(=O)c2ccc(Br)cc2)c2ccccc12. The molecule has 0 atom stereocenters. The van der Waals surface area contributed by atoms with Gasteiger partial charge in [-0.1, -0.05) is 80.4 Å². The van der Waals surface area contributed by atoms with Gasteiger partial charge in [0.1, 0.15) is 0 Å². The fourth-order valence-corrected chi connectivity index (χ4v) is 4.16. The molecule has 0 saturated heterocycles. The number of rotatable bonds is 4. The minimum atomic E-state index is -0.162. The molecule has 1 heterocycles. The van der Waals surface area contributed by atoms with Crippen molar-refractivity contribution in [3.63, 3.8) is 0 Å².